The molecule has 1 aromatic carbocycles. The van der Waals surface area contributed by atoms with Crippen LogP contribution in [-0.2, 0) is 10.9 Å². The van der Waals surface area contributed by atoms with E-state index in [0.29, 0.717) is 69.2 Å². The fourth-order valence-electron chi connectivity index (χ4n) is 5.01. The molecular weight excluding hydrogens is 544 g/mol. The van der Waals surface area contributed by atoms with Gasteiger partial charge < -0.3 is 29.7 Å². The molecule has 1 atom stereocenters. The van der Waals surface area contributed by atoms with E-state index in [1.54, 1.807) is 12.1 Å². The van der Waals surface area contributed by atoms with Crippen molar-refractivity contribution >= 4 is 23.1 Å². The van der Waals surface area contributed by atoms with Gasteiger partial charge in [-0.2, -0.15) is 13.2 Å². The van der Waals surface area contributed by atoms with Crippen molar-refractivity contribution in [3.8, 4) is 11.3 Å². The molecule has 2 N–H and O–H groups in total. The average molecular weight is 575 g/mol. The zero-order valence-corrected chi connectivity index (χ0v) is 22.6. The standard InChI is InChI=1S/C28H30F4N6O3/c1-17-16-38(7-6-36(17)2)24-14-21(29)18(22-4-3-5-25(34-22)37-8-10-41-11-9-37)12-23(24)35-27(40)19-15-33-26(39)13-20(19)28(30,31)32/h3-5,12-15,17H,6-11,16H2,1-2H3,(H,33,39)(H,35,40)/t17-/m1/s1. The van der Waals surface area contributed by atoms with Gasteiger partial charge in [-0.1, -0.05) is 6.07 Å². The van der Waals surface area contributed by atoms with Gasteiger partial charge in [0.2, 0.25) is 5.56 Å². The number of halogens is 4. The number of ether oxygens (including phenoxy) is 1. The van der Waals surface area contributed by atoms with E-state index in [1.165, 1.54) is 12.1 Å². The van der Waals surface area contributed by atoms with Gasteiger partial charge in [0.25, 0.3) is 5.91 Å². The van der Waals surface area contributed by atoms with Crippen molar-refractivity contribution in [1.82, 2.24) is 14.9 Å². The van der Waals surface area contributed by atoms with Gasteiger partial charge in [0.1, 0.15) is 11.6 Å². The minimum atomic E-state index is -4.94. The van der Waals surface area contributed by atoms with Gasteiger partial charge in [-0.25, -0.2) is 9.37 Å². The van der Waals surface area contributed by atoms with Gasteiger partial charge in [0.05, 0.1) is 41.4 Å². The Morgan fingerprint density at radius 3 is 2.56 bits per heavy atom. The second kappa shape index (κ2) is 11.5. The van der Waals surface area contributed by atoms with Crippen molar-refractivity contribution in [1.29, 1.82) is 0 Å². The van der Waals surface area contributed by atoms with Crippen LogP contribution in [0, 0.1) is 5.82 Å². The molecule has 2 aliphatic heterocycles. The lowest BCUT2D eigenvalue weighted by Crippen LogP contribution is -2.50. The number of pyridine rings is 2. The number of likely N-dealkylation sites (N-methyl/N-ethyl adjacent to an activating group) is 1. The van der Waals surface area contributed by atoms with Gasteiger partial charge in [-0.15, -0.1) is 0 Å². The smallest absolute Gasteiger partial charge is 0.378 e. The second-order valence-electron chi connectivity index (χ2n) is 10.2. The summed E-state index contributed by atoms with van der Waals surface area (Å²) in [6.07, 6.45) is -4.20. The van der Waals surface area contributed by atoms with E-state index in [4.69, 9.17) is 4.74 Å². The molecule has 0 radical (unpaired) electrons. The topological polar surface area (TPSA) is 93.8 Å². The maximum absolute atomic E-state index is 15.7. The number of piperazine rings is 1. The molecule has 0 unspecified atom stereocenters. The van der Waals surface area contributed by atoms with Crippen LogP contribution in [0.25, 0.3) is 11.3 Å². The fourth-order valence-corrected chi connectivity index (χ4v) is 5.01. The maximum Gasteiger partial charge on any atom is 0.417 e. The first-order valence-corrected chi connectivity index (χ1v) is 13.2. The Morgan fingerprint density at radius 1 is 1.10 bits per heavy atom. The number of hydrogen-bond donors (Lipinski definition) is 2. The Labute approximate surface area is 233 Å². The monoisotopic (exact) mass is 574 g/mol. The Morgan fingerprint density at radius 2 is 1.85 bits per heavy atom. The zero-order valence-electron chi connectivity index (χ0n) is 22.6. The molecule has 2 saturated heterocycles. The number of H-pyrrole nitrogens is 1. The Bertz CT molecular complexity index is 1490. The van der Waals surface area contributed by atoms with Crippen LogP contribution in [0.4, 0.5) is 34.8 Å². The summed E-state index contributed by atoms with van der Waals surface area (Å²) in [5.74, 6) is -1.04. The predicted molar refractivity (Wildman–Crippen MR) is 147 cm³/mol. The summed E-state index contributed by atoms with van der Waals surface area (Å²) in [5, 5.41) is 2.56. The lowest BCUT2D eigenvalue weighted by molar-refractivity contribution is -0.138. The number of rotatable bonds is 5. The van der Waals surface area contributed by atoms with Crippen molar-refractivity contribution in [2.45, 2.75) is 19.1 Å². The molecule has 2 aromatic heterocycles. The van der Waals surface area contributed by atoms with Crippen LogP contribution in [0.3, 0.4) is 0 Å². The summed E-state index contributed by atoms with van der Waals surface area (Å²) in [6.45, 7) is 6.03. The first kappa shape index (κ1) is 28.6. The number of aromatic amines is 1. The number of morpholine rings is 1. The molecule has 0 spiro atoms. The van der Waals surface area contributed by atoms with Crippen LogP contribution < -0.4 is 20.7 Å². The first-order valence-electron chi connectivity index (χ1n) is 13.2. The van der Waals surface area contributed by atoms with Crippen molar-refractivity contribution < 1.29 is 27.1 Å². The van der Waals surface area contributed by atoms with E-state index in [9.17, 15) is 22.8 Å². The van der Waals surface area contributed by atoms with Crippen LogP contribution in [-0.4, -0.2) is 79.8 Å². The molecule has 218 valence electrons. The molecule has 13 heteroatoms. The summed E-state index contributed by atoms with van der Waals surface area (Å²) < 4.78 is 62.2. The third-order valence-electron chi connectivity index (χ3n) is 7.45. The number of alkyl halides is 3. The summed E-state index contributed by atoms with van der Waals surface area (Å²) in [6, 6.07) is 8.32. The second-order valence-corrected chi connectivity index (χ2v) is 10.2. The summed E-state index contributed by atoms with van der Waals surface area (Å²) in [5.41, 5.74) is -2.26. The quantitative estimate of drug-likeness (QED) is 0.448. The minimum Gasteiger partial charge on any atom is -0.378 e. The zero-order chi connectivity index (χ0) is 29.3. The highest BCUT2D eigenvalue weighted by Crippen LogP contribution is 2.37. The van der Waals surface area contributed by atoms with E-state index in [0.717, 1.165) is 6.20 Å². The van der Waals surface area contributed by atoms with Crippen molar-refractivity contribution in [2.75, 3.05) is 68.1 Å². The number of hydrogen-bond acceptors (Lipinski definition) is 7. The van der Waals surface area contributed by atoms with Crippen LogP contribution >= 0.6 is 0 Å². The van der Waals surface area contributed by atoms with Crippen molar-refractivity contribution in [2.24, 2.45) is 0 Å². The Kier molecular flexibility index (Phi) is 8.00. The molecule has 2 aliphatic rings. The fraction of sp³-hybridized carbons (Fsp3) is 0.393. The maximum atomic E-state index is 15.7. The third-order valence-corrected chi connectivity index (χ3v) is 7.45. The predicted octanol–water partition coefficient (Wildman–Crippen LogP) is 3.82. The summed E-state index contributed by atoms with van der Waals surface area (Å²) in [4.78, 5) is 37.7. The molecule has 2 fully saturated rings. The van der Waals surface area contributed by atoms with Crippen molar-refractivity contribution in [3.05, 3.63) is 69.9 Å². The van der Waals surface area contributed by atoms with Gasteiger partial charge in [0, 0.05) is 56.6 Å². The molecule has 0 aliphatic carbocycles. The van der Waals surface area contributed by atoms with Crippen LogP contribution in [0.5, 0.6) is 0 Å². The normalized spacial score (nSPS) is 18.4. The molecule has 41 heavy (non-hydrogen) atoms. The average Bonchev–Trinajstić information content (AvgIpc) is 2.95. The first-order chi connectivity index (χ1) is 19.5. The lowest BCUT2D eigenvalue weighted by Gasteiger charge is -2.39. The molecule has 0 bridgehead atoms. The largest absolute Gasteiger partial charge is 0.417 e. The van der Waals surface area contributed by atoms with E-state index in [2.05, 4.69) is 20.2 Å². The van der Waals surface area contributed by atoms with Gasteiger partial charge >= 0.3 is 6.18 Å². The molecular formula is C28H30F4N6O3. The summed E-state index contributed by atoms with van der Waals surface area (Å²) in [7, 11) is 1.97. The number of amides is 1. The SMILES string of the molecule is C[C@@H]1CN(c2cc(F)c(-c3cccc(N4CCOCC4)n3)cc2NC(=O)c2c[nH]c(=O)cc2C(F)(F)F)CCN1C. The molecule has 4 heterocycles. The number of aromatic nitrogens is 2. The van der Waals surface area contributed by atoms with Gasteiger partial charge in [-0.05, 0) is 38.2 Å². The van der Waals surface area contributed by atoms with Crippen LogP contribution in [0.1, 0.15) is 22.8 Å². The van der Waals surface area contributed by atoms with Crippen LogP contribution in [0.15, 0.2) is 47.4 Å². The minimum absolute atomic E-state index is 0.0823. The van der Waals surface area contributed by atoms with Gasteiger partial charge in [0.15, 0.2) is 0 Å². The Hall–Kier alpha value is -3.97. The number of carbonyl (C=O) groups is 1. The van der Waals surface area contributed by atoms with Crippen LogP contribution in [0.2, 0.25) is 0 Å². The number of carbonyl (C=O) groups excluding carboxylic acids is 1. The molecule has 0 saturated carbocycles. The van der Waals surface area contributed by atoms with E-state index >= 15 is 4.39 Å². The van der Waals surface area contributed by atoms with E-state index in [1.807, 2.05) is 29.8 Å². The highest BCUT2D eigenvalue weighted by molar-refractivity contribution is 6.07. The number of benzene rings is 1. The molecule has 1 amide bonds. The highest BCUT2D eigenvalue weighted by atomic mass is 19.4. The van der Waals surface area contributed by atoms with Gasteiger partial charge in [-0.3, -0.25) is 9.59 Å². The number of nitrogens with one attached hydrogen (secondary N) is 2. The summed E-state index contributed by atoms with van der Waals surface area (Å²) >= 11 is 0. The number of anilines is 3. The molecule has 9 nitrogen and oxygen atoms in total. The van der Waals surface area contributed by atoms with Crippen molar-refractivity contribution in [3.63, 3.8) is 0 Å². The Balaban J connectivity index is 1.56. The molecule has 5 rings (SSSR count). The van der Waals surface area contributed by atoms with E-state index in [-0.39, 0.29) is 17.3 Å². The third kappa shape index (κ3) is 6.20. The highest BCUT2D eigenvalue weighted by Gasteiger charge is 2.36. The van der Waals surface area contributed by atoms with E-state index < -0.39 is 34.6 Å². The lowest BCUT2D eigenvalue weighted by atomic mass is 10.0. The number of nitrogens with zero attached hydrogens (tertiary/aromatic N) is 4. The molecule has 3 aromatic rings.